The lowest BCUT2D eigenvalue weighted by Crippen LogP contribution is -2.46. The summed E-state index contributed by atoms with van der Waals surface area (Å²) in [5.41, 5.74) is 0. The first-order valence-corrected chi connectivity index (χ1v) is 6.12. The minimum atomic E-state index is -1.31. The molecule has 0 aromatic carbocycles. The number of carboxylic acids is 2. The van der Waals surface area contributed by atoms with Crippen LogP contribution >= 0.6 is 0 Å². The van der Waals surface area contributed by atoms with Crippen LogP contribution in [0.1, 0.15) is 26.2 Å². The van der Waals surface area contributed by atoms with Gasteiger partial charge < -0.3 is 26.2 Å². The van der Waals surface area contributed by atoms with Gasteiger partial charge in [-0.25, -0.2) is 9.59 Å². The number of urea groups is 1. The van der Waals surface area contributed by atoms with Gasteiger partial charge in [-0.05, 0) is 13.3 Å². The Morgan fingerprint density at radius 1 is 1.05 bits per heavy atom. The highest BCUT2D eigenvalue weighted by molar-refractivity contribution is 5.83. The third-order valence-corrected chi connectivity index (χ3v) is 2.26. The van der Waals surface area contributed by atoms with Gasteiger partial charge in [-0.3, -0.25) is 9.59 Å². The summed E-state index contributed by atoms with van der Waals surface area (Å²) < 4.78 is 0. The maximum Gasteiger partial charge on any atom is 0.326 e. The van der Waals surface area contributed by atoms with Gasteiger partial charge in [-0.1, -0.05) is 0 Å². The molecule has 3 amide bonds. The number of carboxylic acid groups (broad SMARTS) is 2. The number of hydrogen-bond donors (Lipinski definition) is 5. The van der Waals surface area contributed by atoms with Crippen molar-refractivity contribution in [2.75, 3.05) is 13.1 Å². The summed E-state index contributed by atoms with van der Waals surface area (Å²) in [5.74, 6) is -2.69. The van der Waals surface area contributed by atoms with Crippen LogP contribution in [0.15, 0.2) is 0 Å². The first-order valence-electron chi connectivity index (χ1n) is 6.12. The summed E-state index contributed by atoms with van der Waals surface area (Å²) in [7, 11) is 0. The molecule has 0 rings (SSSR count). The Kier molecular flexibility index (Phi) is 8.48. The molecule has 0 unspecified atom stereocenters. The van der Waals surface area contributed by atoms with Crippen LogP contribution in [0.25, 0.3) is 0 Å². The van der Waals surface area contributed by atoms with E-state index in [0.29, 0.717) is 6.54 Å². The van der Waals surface area contributed by atoms with Gasteiger partial charge in [0.05, 0.1) is 0 Å². The van der Waals surface area contributed by atoms with E-state index in [9.17, 15) is 19.2 Å². The van der Waals surface area contributed by atoms with Crippen LogP contribution < -0.4 is 16.0 Å². The second-order valence-corrected chi connectivity index (χ2v) is 3.93. The molecule has 20 heavy (non-hydrogen) atoms. The SMILES string of the molecule is CCNC(=O)CCNC(=O)N[C@@H](CCC(=O)O)C(=O)O. The van der Waals surface area contributed by atoms with Gasteiger partial charge in [0, 0.05) is 25.9 Å². The maximum atomic E-state index is 11.4. The standard InChI is InChI=1S/C11H19N3O6/c1-2-12-8(15)5-6-13-11(20)14-7(10(18)19)3-4-9(16)17/h7H,2-6H2,1H3,(H,12,15)(H,16,17)(H,18,19)(H2,13,14,20)/t7-/m0/s1. The predicted octanol–water partition coefficient (Wildman–Crippen LogP) is -0.870. The fraction of sp³-hybridized carbons (Fsp3) is 0.636. The summed E-state index contributed by atoms with van der Waals surface area (Å²) in [6, 6.07) is -2.04. The van der Waals surface area contributed by atoms with Crippen molar-refractivity contribution >= 4 is 23.9 Å². The Labute approximate surface area is 115 Å². The van der Waals surface area contributed by atoms with Crippen molar-refractivity contribution < 1.29 is 29.4 Å². The van der Waals surface area contributed by atoms with E-state index in [2.05, 4.69) is 16.0 Å². The van der Waals surface area contributed by atoms with E-state index < -0.39 is 24.0 Å². The molecule has 9 heteroatoms. The molecule has 0 aliphatic rings. The topological polar surface area (TPSA) is 145 Å². The quantitative estimate of drug-likeness (QED) is 0.373. The number of amides is 3. The molecule has 9 nitrogen and oxygen atoms in total. The van der Waals surface area contributed by atoms with E-state index in [0.717, 1.165) is 0 Å². The van der Waals surface area contributed by atoms with E-state index in [-0.39, 0.29) is 31.7 Å². The molecule has 0 fully saturated rings. The van der Waals surface area contributed by atoms with Crippen LogP contribution in [0, 0.1) is 0 Å². The molecule has 0 bridgehead atoms. The second kappa shape index (κ2) is 9.59. The van der Waals surface area contributed by atoms with Gasteiger partial charge in [-0.2, -0.15) is 0 Å². The van der Waals surface area contributed by atoms with Gasteiger partial charge >= 0.3 is 18.0 Å². The van der Waals surface area contributed by atoms with Crippen molar-refractivity contribution in [3.05, 3.63) is 0 Å². The number of aliphatic carboxylic acids is 2. The molecule has 5 N–H and O–H groups in total. The van der Waals surface area contributed by atoms with Crippen molar-refractivity contribution in [1.29, 1.82) is 0 Å². The Morgan fingerprint density at radius 3 is 2.20 bits per heavy atom. The summed E-state index contributed by atoms with van der Waals surface area (Å²) in [4.78, 5) is 43.6. The summed E-state index contributed by atoms with van der Waals surface area (Å²) >= 11 is 0. The molecule has 1 atom stereocenters. The zero-order chi connectivity index (χ0) is 15.5. The van der Waals surface area contributed by atoms with Crippen molar-refractivity contribution in [1.82, 2.24) is 16.0 Å². The molecule has 0 aliphatic heterocycles. The highest BCUT2D eigenvalue weighted by atomic mass is 16.4. The van der Waals surface area contributed by atoms with Crippen molar-refractivity contribution in [3.63, 3.8) is 0 Å². The first kappa shape index (κ1) is 17.7. The smallest absolute Gasteiger partial charge is 0.326 e. The molecule has 0 radical (unpaired) electrons. The zero-order valence-corrected chi connectivity index (χ0v) is 11.1. The lowest BCUT2D eigenvalue weighted by Gasteiger charge is -2.14. The Bertz CT molecular complexity index is 371. The van der Waals surface area contributed by atoms with Gasteiger partial charge in [0.15, 0.2) is 0 Å². The lowest BCUT2D eigenvalue weighted by atomic mass is 10.1. The van der Waals surface area contributed by atoms with Gasteiger partial charge in [-0.15, -0.1) is 0 Å². The van der Waals surface area contributed by atoms with Crippen LogP contribution in [-0.4, -0.2) is 53.2 Å². The van der Waals surface area contributed by atoms with Crippen LogP contribution in [0.5, 0.6) is 0 Å². The number of hydrogen-bond acceptors (Lipinski definition) is 4. The number of carbonyl (C=O) groups is 4. The molecule has 0 aromatic heterocycles. The van der Waals surface area contributed by atoms with Gasteiger partial charge in [0.25, 0.3) is 0 Å². The highest BCUT2D eigenvalue weighted by Gasteiger charge is 2.20. The van der Waals surface area contributed by atoms with E-state index in [1.807, 2.05) is 0 Å². The minimum Gasteiger partial charge on any atom is -0.481 e. The average molecular weight is 289 g/mol. The largest absolute Gasteiger partial charge is 0.481 e. The Balaban J connectivity index is 4.04. The Hall–Kier alpha value is -2.32. The molecule has 0 aliphatic carbocycles. The monoisotopic (exact) mass is 289 g/mol. The highest BCUT2D eigenvalue weighted by Crippen LogP contribution is 1.97. The minimum absolute atomic E-state index is 0.0585. The number of carbonyl (C=O) groups excluding carboxylic acids is 2. The molecule has 0 spiro atoms. The van der Waals surface area contributed by atoms with Gasteiger partial charge in [0.2, 0.25) is 5.91 Å². The molecular formula is C11H19N3O6. The first-order chi connectivity index (χ1) is 9.36. The average Bonchev–Trinajstić information content (AvgIpc) is 2.34. The van der Waals surface area contributed by atoms with E-state index in [1.165, 1.54) is 0 Å². The van der Waals surface area contributed by atoms with Crippen LogP contribution in [0.2, 0.25) is 0 Å². The summed E-state index contributed by atoms with van der Waals surface area (Å²) in [6.45, 7) is 2.31. The molecule has 0 saturated heterocycles. The van der Waals surface area contributed by atoms with E-state index in [4.69, 9.17) is 10.2 Å². The normalized spacial score (nSPS) is 11.2. The lowest BCUT2D eigenvalue weighted by molar-refractivity contribution is -0.140. The molecule has 0 heterocycles. The fourth-order valence-electron chi connectivity index (χ4n) is 1.31. The van der Waals surface area contributed by atoms with E-state index in [1.54, 1.807) is 6.92 Å². The third-order valence-electron chi connectivity index (χ3n) is 2.26. The van der Waals surface area contributed by atoms with E-state index >= 15 is 0 Å². The second-order valence-electron chi connectivity index (χ2n) is 3.93. The Morgan fingerprint density at radius 2 is 1.70 bits per heavy atom. The number of rotatable bonds is 9. The molecule has 114 valence electrons. The van der Waals surface area contributed by atoms with Crippen LogP contribution in [0.3, 0.4) is 0 Å². The van der Waals surface area contributed by atoms with Crippen LogP contribution in [0.4, 0.5) is 4.79 Å². The van der Waals surface area contributed by atoms with Crippen molar-refractivity contribution in [3.8, 4) is 0 Å². The van der Waals surface area contributed by atoms with Gasteiger partial charge in [0.1, 0.15) is 6.04 Å². The predicted molar refractivity (Wildman–Crippen MR) is 68.1 cm³/mol. The molecular weight excluding hydrogens is 270 g/mol. The zero-order valence-electron chi connectivity index (χ0n) is 11.1. The maximum absolute atomic E-state index is 11.4. The molecule has 0 saturated carbocycles. The van der Waals surface area contributed by atoms with Crippen molar-refractivity contribution in [2.45, 2.75) is 32.2 Å². The van der Waals surface area contributed by atoms with Crippen LogP contribution in [-0.2, 0) is 14.4 Å². The molecule has 0 aromatic rings. The third kappa shape index (κ3) is 8.72. The number of nitrogens with one attached hydrogen (secondary N) is 3. The van der Waals surface area contributed by atoms with Crippen molar-refractivity contribution in [2.24, 2.45) is 0 Å². The summed E-state index contributed by atoms with van der Waals surface area (Å²) in [5, 5.41) is 24.3. The summed E-state index contributed by atoms with van der Waals surface area (Å²) in [6.07, 6.45) is -0.501. The fourth-order valence-corrected chi connectivity index (χ4v) is 1.31.